The number of fused-ring (bicyclic) bond motifs is 2. The van der Waals surface area contributed by atoms with E-state index in [0.29, 0.717) is 11.5 Å². The van der Waals surface area contributed by atoms with Crippen molar-refractivity contribution in [3.05, 3.63) is 47.4 Å². The predicted molar refractivity (Wildman–Crippen MR) is 107 cm³/mol. The number of pyridine rings is 1. The maximum atomic E-state index is 13.9. The molecule has 1 aliphatic rings. The highest BCUT2D eigenvalue weighted by atomic mass is 19.4. The summed E-state index contributed by atoms with van der Waals surface area (Å²) in [6.07, 6.45) is -2.84. The fourth-order valence-corrected chi connectivity index (χ4v) is 4.03. The zero-order chi connectivity index (χ0) is 20.9. The van der Waals surface area contributed by atoms with Crippen LogP contribution in [0.2, 0.25) is 0 Å². The van der Waals surface area contributed by atoms with Crippen LogP contribution in [0.15, 0.2) is 30.3 Å². The monoisotopic (exact) mass is 415 g/mol. The summed E-state index contributed by atoms with van der Waals surface area (Å²) >= 11 is 0. The van der Waals surface area contributed by atoms with Crippen molar-refractivity contribution >= 4 is 27.9 Å². The highest BCUT2D eigenvalue weighted by molar-refractivity contribution is 5.91. The van der Waals surface area contributed by atoms with Crippen LogP contribution in [0.5, 0.6) is 0 Å². The molecule has 0 radical (unpaired) electrons. The normalized spacial score (nSPS) is 17.3. The lowest BCUT2D eigenvalue weighted by atomic mass is 10.1. The van der Waals surface area contributed by atoms with Crippen LogP contribution in [-0.2, 0) is 19.8 Å². The molecule has 1 saturated heterocycles. The number of imidazole rings is 1. The Morgan fingerprint density at radius 1 is 1.23 bits per heavy atom. The SMILES string of the molecule is Cn1c(CNc2n[nH]c3nc([C@H]4CCCN4)cc(C(F)(F)F)c23)nc2ccccc21. The van der Waals surface area contributed by atoms with E-state index in [0.717, 1.165) is 36.5 Å². The molecule has 1 aromatic carbocycles. The van der Waals surface area contributed by atoms with Gasteiger partial charge < -0.3 is 15.2 Å². The fraction of sp³-hybridized carbons (Fsp3) is 0.350. The van der Waals surface area contributed by atoms with Crippen molar-refractivity contribution in [1.82, 2.24) is 30.0 Å². The van der Waals surface area contributed by atoms with Crippen molar-refractivity contribution < 1.29 is 13.2 Å². The van der Waals surface area contributed by atoms with Crippen molar-refractivity contribution in [3.8, 4) is 0 Å². The Bertz CT molecular complexity index is 1220. The van der Waals surface area contributed by atoms with Crippen LogP contribution in [0.4, 0.5) is 19.0 Å². The number of aryl methyl sites for hydroxylation is 1. The second-order valence-corrected chi connectivity index (χ2v) is 7.47. The maximum Gasteiger partial charge on any atom is 0.417 e. The number of nitrogens with one attached hydrogen (secondary N) is 3. The molecule has 0 aliphatic carbocycles. The van der Waals surface area contributed by atoms with Gasteiger partial charge in [-0.25, -0.2) is 9.97 Å². The van der Waals surface area contributed by atoms with E-state index >= 15 is 0 Å². The molecular formula is C20H20F3N7. The maximum absolute atomic E-state index is 13.9. The van der Waals surface area contributed by atoms with E-state index in [9.17, 15) is 13.2 Å². The quantitative estimate of drug-likeness (QED) is 0.471. The summed E-state index contributed by atoms with van der Waals surface area (Å²) in [6, 6.07) is 8.62. The van der Waals surface area contributed by atoms with Gasteiger partial charge in [0.1, 0.15) is 5.82 Å². The summed E-state index contributed by atoms with van der Waals surface area (Å²) < 4.78 is 43.5. The van der Waals surface area contributed by atoms with Crippen molar-refractivity contribution in [3.63, 3.8) is 0 Å². The first-order valence-electron chi connectivity index (χ1n) is 9.75. The first-order chi connectivity index (χ1) is 14.4. The van der Waals surface area contributed by atoms with Gasteiger partial charge in [0, 0.05) is 13.1 Å². The number of anilines is 1. The number of benzene rings is 1. The minimum absolute atomic E-state index is 0.0528. The Hall–Kier alpha value is -3.14. The van der Waals surface area contributed by atoms with Crippen molar-refractivity contribution in [1.29, 1.82) is 0 Å². The third-order valence-electron chi connectivity index (χ3n) is 5.57. The number of rotatable bonds is 4. The molecule has 3 aromatic heterocycles. The first-order valence-corrected chi connectivity index (χ1v) is 9.75. The lowest BCUT2D eigenvalue weighted by Crippen LogP contribution is -2.16. The number of hydrogen-bond acceptors (Lipinski definition) is 5. The number of hydrogen-bond donors (Lipinski definition) is 3. The van der Waals surface area contributed by atoms with E-state index in [1.807, 2.05) is 35.9 Å². The topological polar surface area (TPSA) is 83.5 Å². The second kappa shape index (κ2) is 6.98. The van der Waals surface area contributed by atoms with Gasteiger partial charge in [0.15, 0.2) is 11.5 Å². The van der Waals surface area contributed by atoms with Crippen molar-refractivity contribution in [2.24, 2.45) is 7.05 Å². The van der Waals surface area contributed by atoms with Gasteiger partial charge in [0.25, 0.3) is 0 Å². The molecule has 4 heterocycles. The molecule has 10 heteroatoms. The summed E-state index contributed by atoms with van der Waals surface area (Å²) in [7, 11) is 1.87. The molecule has 5 rings (SSSR count). The molecule has 1 atom stereocenters. The van der Waals surface area contributed by atoms with Crippen LogP contribution >= 0.6 is 0 Å². The molecule has 1 aliphatic heterocycles. The largest absolute Gasteiger partial charge is 0.417 e. The molecule has 0 spiro atoms. The van der Waals surface area contributed by atoms with Gasteiger partial charge in [0.2, 0.25) is 0 Å². The fourth-order valence-electron chi connectivity index (χ4n) is 4.03. The zero-order valence-electron chi connectivity index (χ0n) is 16.2. The Morgan fingerprint density at radius 2 is 2.07 bits per heavy atom. The van der Waals surface area contributed by atoms with Crippen molar-refractivity contribution in [2.75, 3.05) is 11.9 Å². The number of nitrogens with zero attached hydrogens (tertiary/aromatic N) is 4. The van der Waals surface area contributed by atoms with Crippen LogP contribution < -0.4 is 10.6 Å². The lowest BCUT2D eigenvalue weighted by Gasteiger charge is -2.15. The number of H-pyrrole nitrogens is 1. The molecule has 1 fully saturated rings. The zero-order valence-corrected chi connectivity index (χ0v) is 16.2. The first kappa shape index (κ1) is 18.9. The van der Waals surface area contributed by atoms with E-state index in [1.54, 1.807) is 0 Å². The Morgan fingerprint density at radius 3 is 2.80 bits per heavy atom. The Labute approximate surface area is 169 Å². The number of aromatic amines is 1. The van der Waals surface area contributed by atoms with Crippen LogP contribution in [0.25, 0.3) is 22.1 Å². The van der Waals surface area contributed by atoms with Crippen molar-refractivity contribution in [2.45, 2.75) is 31.6 Å². The number of halogens is 3. The smallest absolute Gasteiger partial charge is 0.361 e. The van der Waals surface area contributed by atoms with Crippen LogP contribution in [0.1, 0.15) is 36.0 Å². The highest BCUT2D eigenvalue weighted by Crippen LogP contribution is 2.39. The second-order valence-electron chi connectivity index (χ2n) is 7.47. The molecule has 4 aromatic rings. The highest BCUT2D eigenvalue weighted by Gasteiger charge is 2.36. The average Bonchev–Trinajstić information content (AvgIpc) is 3.45. The van der Waals surface area contributed by atoms with Gasteiger partial charge in [-0.2, -0.15) is 18.3 Å². The third-order valence-corrected chi connectivity index (χ3v) is 5.57. The van der Waals surface area contributed by atoms with Gasteiger partial charge in [-0.3, -0.25) is 5.10 Å². The Balaban J connectivity index is 1.52. The molecule has 3 N–H and O–H groups in total. The molecule has 0 saturated carbocycles. The van der Waals surface area contributed by atoms with Gasteiger partial charge in [-0.05, 0) is 37.6 Å². The summed E-state index contributed by atoms with van der Waals surface area (Å²) in [6.45, 7) is 1.01. The molecule has 7 nitrogen and oxygen atoms in total. The van der Waals surface area contributed by atoms with Gasteiger partial charge in [-0.15, -0.1) is 0 Å². The summed E-state index contributed by atoms with van der Waals surface area (Å²) in [5, 5.41) is 12.9. The van der Waals surface area contributed by atoms with E-state index < -0.39 is 11.7 Å². The molecule has 156 valence electrons. The molecular weight excluding hydrogens is 395 g/mol. The summed E-state index contributed by atoms with van der Waals surface area (Å²) in [4.78, 5) is 8.96. The van der Waals surface area contributed by atoms with E-state index in [2.05, 4.69) is 30.8 Å². The van der Waals surface area contributed by atoms with Crippen LogP contribution in [-0.4, -0.2) is 31.3 Å². The van der Waals surface area contributed by atoms with Crippen LogP contribution in [0.3, 0.4) is 0 Å². The predicted octanol–water partition coefficient (Wildman–Crippen LogP) is 3.90. The van der Waals surface area contributed by atoms with Gasteiger partial charge in [-0.1, -0.05) is 12.1 Å². The summed E-state index contributed by atoms with van der Waals surface area (Å²) in [5.74, 6) is 0.809. The van der Waals surface area contributed by atoms with E-state index in [4.69, 9.17) is 0 Å². The molecule has 0 unspecified atom stereocenters. The average molecular weight is 415 g/mol. The lowest BCUT2D eigenvalue weighted by molar-refractivity contribution is -0.136. The van der Waals surface area contributed by atoms with Crippen LogP contribution in [0, 0.1) is 0 Å². The minimum atomic E-state index is -4.52. The number of aromatic nitrogens is 5. The van der Waals surface area contributed by atoms with E-state index in [1.165, 1.54) is 0 Å². The molecule has 0 amide bonds. The van der Waals surface area contributed by atoms with Gasteiger partial charge >= 0.3 is 6.18 Å². The minimum Gasteiger partial charge on any atom is -0.361 e. The Kier molecular flexibility index (Phi) is 4.39. The van der Waals surface area contributed by atoms with Gasteiger partial charge in [0.05, 0.1) is 34.2 Å². The standard InChI is InChI=1S/C20H20F3N7/c1-30-15-7-3-2-5-13(15)26-16(30)10-25-18-17-11(20(21,22)23)9-14(12-6-4-8-24-12)27-19(17)29-28-18/h2-3,5,7,9,12,24H,4,6,8,10H2,1H3,(H2,25,27,28,29)/t12-/m1/s1. The number of alkyl halides is 3. The number of para-hydroxylation sites is 2. The van der Waals surface area contributed by atoms with E-state index in [-0.39, 0.29) is 29.4 Å². The molecule has 30 heavy (non-hydrogen) atoms. The molecule has 0 bridgehead atoms. The summed E-state index contributed by atoms with van der Waals surface area (Å²) in [5.41, 5.74) is 1.55. The third kappa shape index (κ3) is 3.17.